The molecule has 0 bridgehead atoms. The molecule has 0 aromatic heterocycles. The molecule has 0 aliphatic rings. The first-order valence-electron chi connectivity index (χ1n) is 3.82. The number of aliphatic hydroxyl groups is 1. The first-order chi connectivity index (χ1) is 6.47. The van der Waals surface area contributed by atoms with Crippen LogP contribution in [0.15, 0.2) is 0 Å². The van der Waals surface area contributed by atoms with E-state index in [-0.39, 0.29) is 13.2 Å². The van der Waals surface area contributed by atoms with E-state index in [9.17, 15) is 9.13 Å². The van der Waals surface area contributed by atoms with E-state index in [0.29, 0.717) is 0 Å². The molecule has 10 heteroatoms. The Balaban J connectivity index is 4.29. The molecule has 92 valence electrons. The molecular weight excluding hydrogens is 250 g/mol. The van der Waals surface area contributed by atoms with E-state index in [4.69, 9.17) is 19.8 Å². The topological polar surface area (TPSA) is 134 Å². The van der Waals surface area contributed by atoms with Gasteiger partial charge in [0.15, 0.2) is 0 Å². The Morgan fingerprint density at radius 1 is 1.20 bits per heavy atom. The van der Waals surface area contributed by atoms with Gasteiger partial charge in [-0.1, -0.05) is 13.8 Å². The summed E-state index contributed by atoms with van der Waals surface area (Å²) in [6, 6.07) is 0. The smallest absolute Gasteiger partial charge is 0.396 e. The molecule has 0 rings (SSSR count). The maximum Gasteiger partial charge on any atom is 0.481 e. The monoisotopic (exact) mass is 264 g/mol. The van der Waals surface area contributed by atoms with Gasteiger partial charge in [-0.2, -0.15) is 4.31 Å². The van der Waals surface area contributed by atoms with Gasteiger partial charge in [0.2, 0.25) is 0 Å². The molecule has 0 radical (unpaired) electrons. The zero-order valence-corrected chi connectivity index (χ0v) is 10.0. The second-order valence-electron chi connectivity index (χ2n) is 3.64. The molecule has 15 heavy (non-hydrogen) atoms. The Morgan fingerprint density at radius 2 is 1.67 bits per heavy atom. The van der Waals surface area contributed by atoms with Crippen molar-refractivity contribution in [2.75, 3.05) is 13.2 Å². The Labute approximate surface area is 86.7 Å². The lowest BCUT2D eigenvalue weighted by Crippen LogP contribution is -2.23. The maximum absolute atomic E-state index is 10.9. The Bertz CT molecular complexity index is 293. The maximum atomic E-state index is 10.9. The minimum absolute atomic E-state index is 0.317. The van der Waals surface area contributed by atoms with Crippen molar-refractivity contribution >= 4 is 15.6 Å². The quantitative estimate of drug-likeness (QED) is 0.501. The van der Waals surface area contributed by atoms with Crippen molar-refractivity contribution in [2.45, 2.75) is 13.8 Å². The fourth-order valence-corrected chi connectivity index (χ4v) is 2.24. The summed E-state index contributed by atoms with van der Waals surface area (Å²) in [6.45, 7) is 2.37. The van der Waals surface area contributed by atoms with Crippen molar-refractivity contribution in [2.24, 2.45) is 5.41 Å². The average Bonchev–Trinajstić information content (AvgIpc) is 1.97. The second-order valence-corrected chi connectivity index (χ2v) is 6.47. The van der Waals surface area contributed by atoms with Gasteiger partial charge < -0.3 is 19.8 Å². The van der Waals surface area contributed by atoms with E-state index in [1.54, 1.807) is 0 Å². The highest BCUT2D eigenvalue weighted by molar-refractivity contribution is 7.60. The first kappa shape index (κ1) is 15.2. The van der Waals surface area contributed by atoms with Crippen LogP contribution in [0.25, 0.3) is 0 Å². The highest BCUT2D eigenvalue weighted by atomic mass is 31.3. The van der Waals surface area contributed by atoms with Crippen LogP contribution in [0.3, 0.4) is 0 Å². The average molecular weight is 264 g/mol. The third kappa shape index (κ3) is 8.07. The second kappa shape index (κ2) is 5.03. The summed E-state index contributed by atoms with van der Waals surface area (Å²) in [5, 5.41) is 8.78. The number of hydrogen-bond donors (Lipinski definition) is 4. The first-order valence-corrected chi connectivity index (χ1v) is 6.85. The largest absolute Gasteiger partial charge is 0.481 e. The summed E-state index contributed by atoms with van der Waals surface area (Å²) in [4.78, 5) is 25.4. The molecule has 0 heterocycles. The fourth-order valence-electron chi connectivity index (χ4n) is 0.460. The van der Waals surface area contributed by atoms with Gasteiger partial charge in [-0.15, -0.1) is 0 Å². The molecule has 0 aromatic carbocycles. The van der Waals surface area contributed by atoms with Crippen molar-refractivity contribution in [1.29, 1.82) is 0 Å². The Morgan fingerprint density at radius 3 is 2.00 bits per heavy atom. The predicted molar refractivity (Wildman–Crippen MR) is 49.8 cm³/mol. The van der Waals surface area contributed by atoms with E-state index in [0.717, 1.165) is 0 Å². The predicted octanol–water partition coefficient (Wildman–Crippen LogP) is 0.231. The molecule has 0 aromatic rings. The molecule has 0 saturated heterocycles. The fraction of sp³-hybridized carbons (Fsp3) is 1.00. The lowest BCUT2D eigenvalue weighted by Gasteiger charge is -2.22. The molecule has 8 nitrogen and oxygen atoms in total. The van der Waals surface area contributed by atoms with Crippen LogP contribution < -0.4 is 0 Å². The summed E-state index contributed by atoms with van der Waals surface area (Å²) in [7, 11) is -9.88. The summed E-state index contributed by atoms with van der Waals surface area (Å²) in [5.74, 6) is 0. The number of aliphatic hydroxyl groups excluding tert-OH is 1. The lowest BCUT2D eigenvalue weighted by molar-refractivity contribution is 0.0760. The van der Waals surface area contributed by atoms with Gasteiger partial charge in [0.05, 0.1) is 13.2 Å². The lowest BCUT2D eigenvalue weighted by atomic mass is 9.97. The van der Waals surface area contributed by atoms with Gasteiger partial charge in [-0.05, 0) is 0 Å². The summed E-state index contributed by atoms with van der Waals surface area (Å²) in [5.41, 5.74) is -0.809. The van der Waals surface area contributed by atoms with Crippen LogP contribution in [0.4, 0.5) is 0 Å². The minimum atomic E-state index is -5.08. The number of rotatable bonds is 6. The van der Waals surface area contributed by atoms with Gasteiger partial charge in [-0.25, -0.2) is 9.13 Å². The van der Waals surface area contributed by atoms with Crippen molar-refractivity contribution < 1.29 is 37.8 Å². The van der Waals surface area contributed by atoms with Crippen molar-refractivity contribution in [3.8, 4) is 0 Å². The molecule has 1 unspecified atom stereocenters. The third-order valence-corrected chi connectivity index (χ3v) is 3.39. The van der Waals surface area contributed by atoms with Crippen molar-refractivity contribution in [3.05, 3.63) is 0 Å². The zero-order chi connectivity index (χ0) is 12.3. The van der Waals surface area contributed by atoms with Gasteiger partial charge in [0, 0.05) is 5.41 Å². The molecule has 0 aliphatic heterocycles. The normalized spacial score (nSPS) is 17.5. The highest BCUT2D eigenvalue weighted by Gasteiger charge is 2.34. The van der Waals surface area contributed by atoms with Crippen LogP contribution in [0.1, 0.15) is 13.8 Å². The summed E-state index contributed by atoms with van der Waals surface area (Å²) < 4.78 is 29.0. The third-order valence-electron chi connectivity index (χ3n) is 1.26. The highest BCUT2D eigenvalue weighted by Crippen LogP contribution is 2.57. The van der Waals surface area contributed by atoms with E-state index < -0.39 is 21.1 Å². The van der Waals surface area contributed by atoms with Gasteiger partial charge in [-0.3, -0.25) is 4.52 Å². The van der Waals surface area contributed by atoms with E-state index in [1.165, 1.54) is 13.8 Å². The van der Waals surface area contributed by atoms with Crippen LogP contribution in [0.2, 0.25) is 0 Å². The molecular formula is C5H14O8P2. The van der Waals surface area contributed by atoms with E-state index in [2.05, 4.69) is 8.83 Å². The van der Waals surface area contributed by atoms with Gasteiger partial charge in [0.1, 0.15) is 0 Å². The van der Waals surface area contributed by atoms with Gasteiger partial charge >= 0.3 is 15.6 Å². The number of phosphoric acid groups is 2. The Kier molecular flexibility index (Phi) is 5.11. The van der Waals surface area contributed by atoms with Crippen LogP contribution in [-0.2, 0) is 18.0 Å². The molecule has 4 N–H and O–H groups in total. The van der Waals surface area contributed by atoms with Crippen LogP contribution >= 0.6 is 15.6 Å². The molecule has 0 fully saturated rings. The SMILES string of the molecule is CC(C)(CO)COP(=O)(O)OP(=O)(O)O. The molecule has 0 aliphatic carbocycles. The summed E-state index contributed by atoms with van der Waals surface area (Å²) in [6.07, 6.45) is 0. The van der Waals surface area contributed by atoms with Crippen LogP contribution in [0.5, 0.6) is 0 Å². The van der Waals surface area contributed by atoms with Crippen molar-refractivity contribution in [1.82, 2.24) is 0 Å². The molecule has 1 atom stereocenters. The van der Waals surface area contributed by atoms with Gasteiger partial charge in [0.25, 0.3) is 0 Å². The Hall–Kier alpha value is 0.220. The zero-order valence-electron chi connectivity index (χ0n) is 8.23. The molecule has 0 spiro atoms. The minimum Gasteiger partial charge on any atom is -0.396 e. The number of hydrogen-bond acceptors (Lipinski definition) is 5. The molecule has 0 saturated carbocycles. The standard InChI is InChI=1S/C5H14O8P2/c1-5(2,3-6)4-12-15(10,11)13-14(7,8)9/h6H,3-4H2,1-2H3,(H,10,11)(H2,7,8,9). The van der Waals surface area contributed by atoms with Crippen LogP contribution in [-0.4, -0.2) is 33.0 Å². The molecule has 0 amide bonds. The summed E-state index contributed by atoms with van der Waals surface area (Å²) >= 11 is 0. The number of phosphoric ester groups is 1. The van der Waals surface area contributed by atoms with Crippen molar-refractivity contribution in [3.63, 3.8) is 0 Å². The van der Waals surface area contributed by atoms with Crippen LogP contribution in [0, 0.1) is 5.41 Å². The van der Waals surface area contributed by atoms with E-state index >= 15 is 0 Å². The van der Waals surface area contributed by atoms with E-state index in [1.807, 2.05) is 0 Å².